The summed E-state index contributed by atoms with van der Waals surface area (Å²) in [5.74, 6) is -0.484. The molecule has 0 spiro atoms. The Kier molecular flexibility index (Phi) is 5.01. The first-order valence-corrected chi connectivity index (χ1v) is 9.44. The smallest absolute Gasteiger partial charge is 0.317 e. The molecule has 3 heterocycles. The molecule has 2 aliphatic heterocycles. The maximum absolute atomic E-state index is 13.4. The topological polar surface area (TPSA) is 92.2 Å². The van der Waals surface area contributed by atoms with Gasteiger partial charge >= 0.3 is 5.97 Å². The second kappa shape index (κ2) is 7.44. The maximum Gasteiger partial charge on any atom is 0.317 e. The van der Waals surface area contributed by atoms with E-state index in [0.717, 1.165) is 30.5 Å². The van der Waals surface area contributed by atoms with Crippen molar-refractivity contribution in [1.29, 1.82) is 0 Å². The van der Waals surface area contributed by atoms with Gasteiger partial charge in [0.05, 0.1) is 32.9 Å². The number of nitrogens with zero attached hydrogens (tertiary/aromatic N) is 3. The summed E-state index contributed by atoms with van der Waals surface area (Å²) in [5, 5.41) is 9.15. The SMILES string of the molecule is COc1nc2c(cc1C(=O)N1C[C@H]3COC[C@@H]1CN(CC(=O)O)C3)CCC2. The lowest BCUT2D eigenvalue weighted by Gasteiger charge is -2.30. The molecule has 0 aromatic carbocycles. The lowest BCUT2D eigenvalue weighted by atomic mass is 10.1. The van der Waals surface area contributed by atoms with Gasteiger partial charge in [0.15, 0.2) is 0 Å². The molecule has 2 fully saturated rings. The number of aryl methyl sites for hydroxylation is 2. The van der Waals surface area contributed by atoms with Crippen molar-refractivity contribution in [2.45, 2.75) is 25.3 Å². The molecule has 1 aromatic rings. The number of rotatable bonds is 4. The van der Waals surface area contributed by atoms with Gasteiger partial charge in [-0.3, -0.25) is 14.5 Å². The highest BCUT2D eigenvalue weighted by Crippen LogP contribution is 2.29. The summed E-state index contributed by atoms with van der Waals surface area (Å²) in [6, 6.07) is 1.75. The number of aliphatic carboxylic acids is 1. The van der Waals surface area contributed by atoms with Crippen LogP contribution in [-0.4, -0.2) is 84.3 Å². The number of hydrogen-bond acceptors (Lipinski definition) is 6. The molecule has 4 rings (SSSR count). The molecule has 27 heavy (non-hydrogen) atoms. The van der Waals surface area contributed by atoms with Crippen molar-refractivity contribution in [3.63, 3.8) is 0 Å². The second-order valence-corrected chi connectivity index (χ2v) is 7.61. The van der Waals surface area contributed by atoms with Crippen molar-refractivity contribution < 1.29 is 24.2 Å². The van der Waals surface area contributed by atoms with Crippen molar-refractivity contribution in [1.82, 2.24) is 14.8 Å². The molecule has 3 aliphatic rings. The molecule has 1 N–H and O–H groups in total. The normalized spacial score (nSPS) is 25.0. The predicted octanol–water partition coefficient (Wildman–Crippen LogP) is 0.436. The number of carboxylic acids is 1. The number of carboxylic acid groups (broad SMARTS) is 1. The third-order valence-corrected chi connectivity index (χ3v) is 5.60. The van der Waals surface area contributed by atoms with Gasteiger partial charge < -0.3 is 19.5 Å². The molecule has 2 atom stereocenters. The van der Waals surface area contributed by atoms with Crippen molar-refractivity contribution in [2.24, 2.45) is 5.92 Å². The second-order valence-electron chi connectivity index (χ2n) is 7.61. The van der Waals surface area contributed by atoms with E-state index in [9.17, 15) is 9.59 Å². The first-order chi connectivity index (χ1) is 13.0. The molecule has 8 heteroatoms. The van der Waals surface area contributed by atoms with Crippen LogP contribution in [0, 0.1) is 5.92 Å². The number of carbonyl (C=O) groups excluding carboxylic acids is 1. The lowest BCUT2D eigenvalue weighted by molar-refractivity contribution is -0.138. The Morgan fingerprint density at radius 1 is 1.30 bits per heavy atom. The molecular weight excluding hydrogens is 350 g/mol. The maximum atomic E-state index is 13.4. The molecule has 1 amide bonds. The van der Waals surface area contributed by atoms with E-state index in [-0.39, 0.29) is 24.4 Å². The average molecular weight is 375 g/mol. The number of carbonyl (C=O) groups is 2. The molecule has 0 unspecified atom stereocenters. The van der Waals surface area contributed by atoms with E-state index in [1.165, 1.54) is 0 Å². The Hall–Kier alpha value is -2.19. The van der Waals surface area contributed by atoms with Crippen molar-refractivity contribution in [3.8, 4) is 5.88 Å². The minimum Gasteiger partial charge on any atom is -0.480 e. The summed E-state index contributed by atoms with van der Waals surface area (Å²) in [6.45, 7) is 2.61. The van der Waals surface area contributed by atoms with E-state index < -0.39 is 5.97 Å². The van der Waals surface area contributed by atoms with Gasteiger partial charge in [0.25, 0.3) is 5.91 Å². The number of pyridine rings is 1. The average Bonchev–Trinajstić information content (AvgIpc) is 2.90. The van der Waals surface area contributed by atoms with Crippen LogP contribution < -0.4 is 4.74 Å². The van der Waals surface area contributed by atoms with Crippen LogP contribution in [0.15, 0.2) is 6.07 Å². The summed E-state index contributed by atoms with van der Waals surface area (Å²) in [5.41, 5.74) is 2.64. The molecular formula is C19H25N3O5. The Balaban J connectivity index is 1.63. The largest absolute Gasteiger partial charge is 0.480 e. The third kappa shape index (κ3) is 3.64. The fraction of sp³-hybridized carbons (Fsp3) is 0.632. The summed E-state index contributed by atoms with van der Waals surface area (Å²) < 4.78 is 11.2. The Labute approximate surface area is 158 Å². The van der Waals surface area contributed by atoms with Gasteiger partial charge in [0.1, 0.15) is 5.56 Å². The van der Waals surface area contributed by atoms with Crippen LogP contribution in [0.5, 0.6) is 5.88 Å². The van der Waals surface area contributed by atoms with Crippen LogP contribution in [0.25, 0.3) is 0 Å². The molecule has 8 nitrogen and oxygen atoms in total. The first kappa shape index (κ1) is 18.2. The van der Waals surface area contributed by atoms with Crippen LogP contribution in [0.3, 0.4) is 0 Å². The van der Waals surface area contributed by atoms with E-state index in [4.69, 9.17) is 14.6 Å². The first-order valence-electron chi connectivity index (χ1n) is 9.44. The zero-order valence-electron chi connectivity index (χ0n) is 15.5. The number of methoxy groups -OCH3 is 1. The zero-order valence-corrected chi connectivity index (χ0v) is 15.5. The van der Waals surface area contributed by atoms with Gasteiger partial charge in [0.2, 0.25) is 5.88 Å². The van der Waals surface area contributed by atoms with Crippen molar-refractivity contribution >= 4 is 11.9 Å². The van der Waals surface area contributed by atoms with E-state index in [1.807, 2.05) is 15.9 Å². The van der Waals surface area contributed by atoms with Gasteiger partial charge in [-0.15, -0.1) is 0 Å². The van der Waals surface area contributed by atoms with Gasteiger partial charge in [-0.25, -0.2) is 4.98 Å². The number of aromatic nitrogens is 1. The fourth-order valence-electron chi connectivity index (χ4n) is 4.43. The highest BCUT2D eigenvalue weighted by Gasteiger charge is 2.38. The summed E-state index contributed by atoms with van der Waals surface area (Å²) in [6.07, 6.45) is 2.91. The van der Waals surface area contributed by atoms with Crippen LogP contribution in [-0.2, 0) is 22.4 Å². The summed E-state index contributed by atoms with van der Waals surface area (Å²) >= 11 is 0. The van der Waals surface area contributed by atoms with Crippen molar-refractivity contribution in [2.75, 3.05) is 46.5 Å². The van der Waals surface area contributed by atoms with Gasteiger partial charge in [-0.2, -0.15) is 0 Å². The summed E-state index contributed by atoms with van der Waals surface area (Å²) in [7, 11) is 1.54. The third-order valence-electron chi connectivity index (χ3n) is 5.60. The highest BCUT2D eigenvalue weighted by atomic mass is 16.5. The standard InChI is InChI=1S/C19H25N3O5/c1-26-18-15(5-13-3-2-4-16(13)20-18)19(25)22-7-12-6-21(9-17(23)24)8-14(22)11-27-10-12/h5,12,14H,2-4,6-11H2,1H3,(H,23,24)/t12-,14-/m0/s1. The number of ether oxygens (including phenoxy) is 2. The molecule has 2 bridgehead atoms. The number of fused-ring (bicyclic) bond motifs is 4. The van der Waals surface area contributed by atoms with Crippen LogP contribution >= 0.6 is 0 Å². The van der Waals surface area contributed by atoms with E-state index in [2.05, 4.69) is 4.98 Å². The van der Waals surface area contributed by atoms with Crippen LogP contribution in [0.1, 0.15) is 28.0 Å². The Bertz CT molecular complexity index is 753. The minimum atomic E-state index is -0.849. The van der Waals surface area contributed by atoms with E-state index in [0.29, 0.717) is 44.3 Å². The fourth-order valence-corrected chi connectivity index (χ4v) is 4.43. The number of hydrogen-bond donors (Lipinski definition) is 1. The zero-order chi connectivity index (χ0) is 19.0. The number of amides is 1. The summed E-state index contributed by atoms with van der Waals surface area (Å²) in [4.78, 5) is 32.9. The molecule has 1 aliphatic carbocycles. The van der Waals surface area contributed by atoms with Crippen LogP contribution in [0.2, 0.25) is 0 Å². The van der Waals surface area contributed by atoms with Crippen molar-refractivity contribution in [3.05, 3.63) is 22.9 Å². The van der Waals surface area contributed by atoms with Crippen LogP contribution in [0.4, 0.5) is 0 Å². The monoisotopic (exact) mass is 375 g/mol. The van der Waals surface area contributed by atoms with Gasteiger partial charge in [0, 0.05) is 31.2 Å². The highest BCUT2D eigenvalue weighted by molar-refractivity contribution is 5.97. The molecule has 2 saturated heterocycles. The molecule has 1 aromatic heterocycles. The van der Waals surface area contributed by atoms with Gasteiger partial charge in [-0.05, 0) is 30.9 Å². The minimum absolute atomic E-state index is 0.0151. The molecule has 0 radical (unpaired) electrons. The molecule has 0 saturated carbocycles. The van der Waals surface area contributed by atoms with Gasteiger partial charge in [-0.1, -0.05) is 0 Å². The Morgan fingerprint density at radius 3 is 2.93 bits per heavy atom. The quantitative estimate of drug-likeness (QED) is 0.816. The van der Waals surface area contributed by atoms with E-state index >= 15 is 0 Å². The Morgan fingerprint density at radius 2 is 2.15 bits per heavy atom. The molecule has 146 valence electrons. The van der Waals surface area contributed by atoms with E-state index in [1.54, 1.807) is 7.11 Å². The predicted molar refractivity (Wildman–Crippen MR) is 96.0 cm³/mol. The lowest BCUT2D eigenvalue weighted by Crippen LogP contribution is -2.47.